The van der Waals surface area contributed by atoms with E-state index in [1.165, 1.54) is 18.7 Å². The van der Waals surface area contributed by atoms with Gasteiger partial charge in [-0.1, -0.05) is 31.2 Å². The summed E-state index contributed by atoms with van der Waals surface area (Å²) in [7, 11) is -4.91. The van der Waals surface area contributed by atoms with E-state index < -0.39 is 15.1 Å². The largest absolute Gasteiger partial charge is 0.340 e. The zero-order valence-electron chi connectivity index (χ0n) is 20.2. The molecule has 1 saturated carbocycles. The number of aromatic nitrogens is 3. The van der Waals surface area contributed by atoms with Gasteiger partial charge in [0.25, 0.3) is 0 Å². The van der Waals surface area contributed by atoms with Crippen molar-refractivity contribution in [2.45, 2.75) is 50.0 Å². The van der Waals surface area contributed by atoms with Crippen LogP contribution in [0.15, 0.2) is 58.5 Å². The zero-order valence-corrected chi connectivity index (χ0v) is 21.0. The molecule has 2 aromatic carbocycles. The van der Waals surface area contributed by atoms with Crippen molar-refractivity contribution in [3.8, 4) is 23.5 Å². The molecule has 0 amide bonds. The number of fused-ring (bicyclic) bond motifs is 4. The van der Waals surface area contributed by atoms with Gasteiger partial charge in [-0.05, 0) is 61.2 Å². The lowest BCUT2D eigenvalue weighted by Gasteiger charge is -2.27. The van der Waals surface area contributed by atoms with Crippen LogP contribution in [0.3, 0.4) is 0 Å². The molecule has 8 heteroatoms. The SMILES string of the molecule is C#Cc1ccc2c(c1)[nH]c1c2c(=O)c2cc(C)c(-c3cncc(S(=O)(=O)F)c3)cc2n1C1CCCCC1. The Balaban J connectivity index is 1.72. The van der Waals surface area contributed by atoms with Gasteiger partial charge in [0, 0.05) is 45.9 Å². The standard InChI is InChI=1S/C29H24FN3O3S/c1-3-18-9-10-22-25(12-18)32-29-27(22)28(34)24-11-17(2)23(19-13-21(16-31-15-19)37(30,35)36)14-26(24)33(29)20-7-5-4-6-8-20/h1,9-16,20,32H,4-8H2,2H3. The second-order valence-electron chi connectivity index (χ2n) is 9.78. The Morgan fingerprint density at radius 2 is 1.86 bits per heavy atom. The zero-order chi connectivity index (χ0) is 25.9. The van der Waals surface area contributed by atoms with Crippen LogP contribution in [-0.4, -0.2) is 23.0 Å². The maximum Gasteiger partial charge on any atom is 0.333 e. The first-order valence-corrected chi connectivity index (χ1v) is 13.7. The van der Waals surface area contributed by atoms with Gasteiger partial charge in [0.2, 0.25) is 0 Å². The fourth-order valence-corrected chi connectivity index (χ4v) is 6.20. The molecule has 3 heterocycles. The van der Waals surface area contributed by atoms with Crippen molar-refractivity contribution in [2.75, 3.05) is 0 Å². The van der Waals surface area contributed by atoms with Crippen molar-refractivity contribution in [2.24, 2.45) is 0 Å². The summed E-state index contributed by atoms with van der Waals surface area (Å²) in [6, 6.07) is 10.8. The number of H-pyrrole nitrogens is 1. The van der Waals surface area contributed by atoms with Crippen LogP contribution in [0.25, 0.3) is 44.0 Å². The molecule has 186 valence electrons. The van der Waals surface area contributed by atoms with Gasteiger partial charge >= 0.3 is 10.2 Å². The molecule has 0 atom stereocenters. The molecule has 6 nitrogen and oxygen atoms in total. The Labute approximate surface area is 213 Å². The molecule has 0 radical (unpaired) electrons. The normalized spacial score (nSPS) is 14.9. The maximum absolute atomic E-state index is 13.9. The molecule has 1 fully saturated rings. The first-order chi connectivity index (χ1) is 17.8. The Kier molecular flexibility index (Phi) is 5.42. The number of benzene rings is 2. The summed E-state index contributed by atoms with van der Waals surface area (Å²) in [6.45, 7) is 1.86. The summed E-state index contributed by atoms with van der Waals surface area (Å²) in [4.78, 5) is 20.9. The van der Waals surface area contributed by atoms with Crippen LogP contribution in [0.5, 0.6) is 0 Å². The summed E-state index contributed by atoms with van der Waals surface area (Å²) in [5.74, 6) is 2.66. The van der Waals surface area contributed by atoms with Gasteiger partial charge in [-0.2, -0.15) is 8.42 Å². The molecule has 5 aromatic rings. The minimum atomic E-state index is -4.91. The Bertz CT molecular complexity index is 1940. The van der Waals surface area contributed by atoms with Crippen LogP contribution in [0.2, 0.25) is 0 Å². The van der Waals surface area contributed by atoms with E-state index in [2.05, 4.69) is 20.5 Å². The smallest absolute Gasteiger partial charge is 0.333 e. The van der Waals surface area contributed by atoms with Crippen LogP contribution in [0.1, 0.15) is 49.3 Å². The topological polar surface area (TPSA) is 84.8 Å². The van der Waals surface area contributed by atoms with E-state index >= 15 is 0 Å². The van der Waals surface area contributed by atoms with Crippen LogP contribution < -0.4 is 5.43 Å². The highest BCUT2D eigenvalue weighted by molar-refractivity contribution is 7.86. The van der Waals surface area contributed by atoms with Gasteiger partial charge in [-0.3, -0.25) is 9.78 Å². The van der Waals surface area contributed by atoms with Crippen LogP contribution in [0, 0.1) is 19.3 Å². The average molecular weight is 514 g/mol. The number of nitrogens with zero attached hydrogens (tertiary/aromatic N) is 2. The van der Waals surface area contributed by atoms with Crippen molar-refractivity contribution in [1.29, 1.82) is 0 Å². The molecule has 0 unspecified atom stereocenters. The monoisotopic (exact) mass is 513 g/mol. The second kappa shape index (κ2) is 8.56. The molecule has 1 aliphatic rings. The highest BCUT2D eigenvalue weighted by Crippen LogP contribution is 2.37. The molecule has 37 heavy (non-hydrogen) atoms. The molecular formula is C29H24FN3O3S. The molecule has 0 spiro atoms. The first kappa shape index (κ1) is 23.4. The summed E-state index contributed by atoms with van der Waals surface area (Å²) < 4.78 is 39.0. The summed E-state index contributed by atoms with van der Waals surface area (Å²) in [6.07, 6.45) is 13.5. The average Bonchev–Trinajstić information content (AvgIpc) is 3.27. The number of pyridine rings is 2. The van der Waals surface area contributed by atoms with E-state index in [0.29, 0.717) is 21.9 Å². The number of halogens is 1. The van der Waals surface area contributed by atoms with E-state index in [-0.39, 0.29) is 11.5 Å². The van der Waals surface area contributed by atoms with Gasteiger partial charge in [0.15, 0.2) is 5.43 Å². The van der Waals surface area contributed by atoms with Gasteiger partial charge < -0.3 is 9.55 Å². The van der Waals surface area contributed by atoms with Gasteiger partial charge in [0.1, 0.15) is 10.5 Å². The number of terminal acetylenes is 1. The molecule has 0 bridgehead atoms. The first-order valence-electron chi connectivity index (χ1n) is 12.3. The molecule has 1 N–H and O–H groups in total. The number of aromatic amines is 1. The van der Waals surface area contributed by atoms with Gasteiger partial charge in [-0.15, -0.1) is 10.3 Å². The quantitative estimate of drug-likeness (QED) is 0.232. The molecule has 1 aliphatic carbocycles. The van der Waals surface area contributed by atoms with Crippen molar-refractivity contribution in [3.05, 3.63) is 70.1 Å². The molecular weight excluding hydrogens is 489 g/mol. The third kappa shape index (κ3) is 3.82. The van der Waals surface area contributed by atoms with E-state index in [0.717, 1.165) is 65.1 Å². The van der Waals surface area contributed by atoms with Gasteiger partial charge in [0.05, 0.1) is 10.9 Å². The Morgan fingerprint density at radius 3 is 2.59 bits per heavy atom. The van der Waals surface area contributed by atoms with Crippen molar-refractivity contribution in [3.63, 3.8) is 0 Å². The second-order valence-corrected chi connectivity index (χ2v) is 11.1. The van der Waals surface area contributed by atoms with E-state index in [4.69, 9.17) is 6.42 Å². The summed E-state index contributed by atoms with van der Waals surface area (Å²) in [5.41, 5.74) is 4.89. The highest BCUT2D eigenvalue weighted by Gasteiger charge is 2.24. The minimum absolute atomic E-state index is 0.0790. The van der Waals surface area contributed by atoms with Crippen molar-refractivity contribution >= 4 is 43.1 Å². The lowest BCUT2D eigenvalue weighted by atomic mass is 9.93. The lowest BCUT2D eigenvalue weighted by Crippen LogP contribution is -2.18. The van der Waals surface area contributed by atoms with E-state index in [1.807, 2.05) is 37.3 Å². The summed E-state index contributed by atoms with van der Waals surface area (Å²) in [5, 5.41) is 2.05. The van der Waals surface area contributed by atoms with E-state index in [1.54, 1.807) is 0 Å². The molecule has 6 rings (SSSR count). The van der Waals surface area contributed by atoms with Crippen LogP contribution in [-0.2, 0) is 10.2 Å². The van der Waals surface area contributed by atoms with Crippen molar-refractivity contribution < 1.29 is 12.3 Å². The number of hydrogen-bond donors (Lipinski definition) is 1. The Morgan fingerprint density at radius 1 is 1.08 bits per heavy atom. The number of nitrogens with one attached hydrogen (secondary N) is 1. The number of aryl methyl sites for hydroxylation is 1. The molecule has 0 aliphatic heterocycles. The lowest BCUT2D eigenvalue weighted by molar-refractivity contribution is 0.365. The molecule has 0 saturated heterocycles. The van der Waals surface area contributed by atoms with Crippen LogP contribution in [0.4, 0.5) is 3.89 Å². The van der Waals surface area contributed by atoms with Gasteiger partial charge in [-0.25, -0.2) is 0 Å². The fourth-order valence-electron chi connectivity index (χ4n) is 5.75. The third-order valence-corrected chi connectivity index (χ3v) is 8.29. The number of hydrogen-bond acceptors (Lipinski definition) is 4. The molecule has 3 aromatic heterocycles. The fraction of sp³-hybridized carbons (Fsp3) is 0.241. The highest BCUT2D eigenvalue weighted by atomic mass is 32.3. The number of rotatable bonds is 3. The third-order valence-electron chi connectivity index (χ3n) is 7.51. The maximum atomic E-state index is 13.9. The minimum Gasteiger partial charge on any atom is -0.340 e. The van der Waals surface area contributed by atoms with Crippen molar-refractivity contribution in [1.82, 2.24) is 14.5 Å². The predicted octanol–water partition coefficient (Wildman–Crippen LogP) is 6.15. The van der Waals surface area contributed by atoms with E-state index in [9.17, 15) is 17.1 Å². The summed E-state index contributed by atoms with van der Waals surface area (Å²) >= 11 is 0. The Hall–Kier alpha value is -3.96. The predicted molar refractivity (Wildman–Crippen MR) is 144 cm³/mol. The van der Waals surface area contributed by atoms with Crippen LogP contribution >= 0.6 is 0 Å².